The minimum absolute atomic E-state index is 0.0530. The van der Waals surface area contributed by atoms with Gasteiger partial charge in [0.2, 0.25) is 5.91 Å². The second kappa shape index (κ2) is 6.41. The third kappa shape index (κ3) is 3.21. The second-order valence-corrected chi connectivity index (χ2v) is 5.86. The molecule has 0 bridgehead atoms. The molecule has 1 aromatic rings. The largest absolute Gasteiger partial charge is 0.396 e. The molecule has 0 spiro atoms. The zero-order valence-electron chi connectivity index (χ0n) is 11.6. The molecule has 1 aliphatic rings. The normalized spacial score (nSPS) is 19.2. The molecule has 0 radical (unpaired) electrons. The van der Waals surface area contributed by atoms with E-state index in [0.717, 1.165) is 10.2 Å². The van der Waals surface area contributed by atoms with Gasteiger partial charge in [-0.1, -0.05) is 0 Å². The van der Waals surface area contributed by atoms with Crippen LogP contribution in [-0.2, 0) is 9.53 Å². The van der Waals surface area contributed by atoms with Crippen molar-refractivity contribution in [1.29, 1.82) is 0 Å². The molecule has 6 nitrogen and oxygen atoms in total. The SMILES string of the molecule is CC(C)NC(=O)C1COCCN1c1c(N)cncc1Br. The third-order valence-corrected chi connectivity index (χ3v) is 3.63. The maximum Gasteiger partial charge on any atom is 0.245 e. The van der Waals surface area contributed by atoms with E-state index in [1.54, 1.807) is 12.4 Å². The standard InChI is InChI=1S/C13H19BrN4O2/c1-8(2)17-13(19)11-7-20-4-3-18(11)12-9(14)5-16-6-10(12)15/h5-6,8,11H,3-4,7,15H2,1-2H3,(H,17,19). The quantitative estimate of drug-likeness (QED) is 0.861. The highest BCUT2D eigenvalue weighted by Crippen LogP contribution is 2.33. The van der Waals surface area contributed by atoms with E-state index >= 15 is 0 Å². The Morgan fingerprint density at radius 2 is 2.35 bits per heavy atom. The van der Waals surface area contributed by atoms with Crippen LogP contribution in [-0.4, -0.2) is 42.7 Å². The van der Waals surface area contributed by atoms with Crippen LogP contribution in [0.2, 0.25) is 0 Å². The van der Waals surface area contributed by atoms with Crippen LogP contribution in [0.15, 0.2) is 16.9 Å². The summed E-state index contributed by atoms with van der Waals surface area (Å²) in [5.41, 5.74) is 7.35. The zero-order valence-corrected chi connectivity index (χ0v) is 13.2. The molecule has 2 heterocycles. The molecule has 1 amide bonds. The van der Waals surface area contributed by atoms with Crippen LogP contribution in [0.25, 0.3) is 0 Å². The smallest absolute Gasteiger partial charge is 0.245 e. The van der Waals surface area contributed by atoms with Crippen molar-refractivity contribution in [3.8, 4) is 0 Å². The van der Waals surface area contributed by atoms with Gasteiger partial charge in [0.15, 0.2) is 0 Å². The van der Waals surface area contributed by atoms with Crippen molar-refractivity contribution in [3.63, 3.8) is 0 Å². The van der Waals surface area contributed by atoms with Crippen molar-refractivity contribution in [2.75, 3.05) is 30.4 Å². The zero-order chi connectivity index (χ0) is 14.7. The van der Waals surface area contributed by atoms with E-state index in [-0.39, 0.29) is 18.0 Å². The van der Waals surface area contributed by atoms with Crippen LogP contribution in [0, 0.1) is 0 Å². The number of hydrogen-bond acceptors (Lipinski definition) is 5. The third-order valence-electron chi connectivity index (χ3n) is 3.05. The lowest BCUT2D eigenvalue weighted by Crippen LogP contribution is -2.55. The summed E-state index contributed by atoms with van der Waals surface area (Å²) in [7, 11) is 0. The van der Waals surface area contributed by atoms with Crippen LogP contribution < -0.4 is 16.0 Å². The van der Waals surface area contributed by atoms with Gasteiger partial charge in [-0.25, -0.2) is 0 Å². The first-order valence-corrected chi connectivity index (χ1v) is 7.33. The van der Waals surface area contributed by atoms with Crippen molar-refractivity contribution in [3.05, 3.63) is 16.9 Å². The first kappa shape index (κ1) is 15.1. The molecule has 1 aromatic heterocycles. The van der Waals surface area contributed by atoms with E-state index in [0.29, 0.717) is 25.4 Å². The summed E-state index contributed by atoms with van der Waals surface area (Å²) < 4.78 is 6.22. The van der Waals surface area contributed by atoms with Crippen LogP contribution in [0.1, 0.15) is 13.8 Å². The number of amides is 1. The van der Waals surface area contributed by atoms with Gasteiger partial charge in [0.1, 0.15) is 6.04 Å². The number of hydrogen-bond donors (Lipinski definition) is 2. The van der Waals surface area contributed by atoms with Gasteiger partial charge in [-0.2, -0.15) is 0 Å². The Labute approximate surface area is 126 Å². The van der Waals surface area contributed by atoms with Crippen LogP contribution in [0.5, 0.6) is 0 Å². The van der Waals surface area contributed by atoms with E-state index < -0.39 is 0 Å². The van der Waals surface area contributed by atoms with Gasteiger partial charge in [-0.3, -0.25) is 9.78 Å². The highest BCUT2D eigenvalue weighted by atomic mass is 79.9. The number of ether oxygens (including phenoxy) is 1. The topological polar surface area (TPSA) is 80.5 Å². The highest BCUT2D eigenvalue weighted by Gasteiger charge is 2.32. The predicted octanol–water partition coefficient (Wildman–Crippen LogP) is 1.16. The molecule has 1 aliphatic heterocycles. The van der Waals surface area contributed by atoms with Gasteiger partial charge in [0, 0.05) is 18.8 Å². The number of nitrogen functional groups attached to an aromatic ring is 1. The summed E-state index contributed by atoms with van der Waals surface area (Å²) in [6.45, 7) is 5.40. The number of morpholine rings is 1. The molecule has 1 fully saturated rings. The molecule has 0 aliphatic carbocycles. The number of nitrogens with zero attached hydrogens (tertiary/aromatic N) is 2. The average molecular weight is 343 g/mol. The molecule has 3 N–H and O–H groups in total. The molecule has 7 heteroatoms. The second-order valence-electron chi connectivity index (χ2n) is 5.01. The van der Waals surface area contributed by atoms with E-state index in [2.05, 4.69) is 26.2 Å². The summed E-state index contributed by atoms with van der Waals surface area (Å²) in [5, 5.41) is 2.92. The maximum atomic E-state index is 12.3. The number of halogens is 1. The summed E-state index contributed by atoms with van der Waals surface area (Å²) in [4.78, 5) is 18.3. The Morgan fingerprint density at radius 3 is 3.00 bits per heavy atom. The van der Waals surface area contributed by atoms with E-state index in [9.17, 15) is 4.79 Å². The first-order chi connectivity index (χ1) is 9.50. The lowest BCUT2D eigenvalue weighted by Gasteiger charge is -2.37. The van der Waals surface area contributed by atoms with E-state index in [1.807, 2.05) is 18.7 Å². The number of nitrogens with two attached hydrogens (primary N) is 1. The van der Waals surface area contributed by atoms with E-state index in [1.165, 1.54) is 0 Å². The molecule has 110 valence electrons. The number of nitrogens with one attached hydrogen (secondary N) is 1. The molecular formula is C13H19BrN4O2. The van der Waals surface area contributed by atoms with Gasteiger partial charge in [0.25, 0.3) is 0 Å². The molecule has 0 aromatic carbocycles. The van der Waals surface area contributed by atoms with Crippen molar-refractivity contribution in [2.24, 2.45) is 0 Å². The Bertz CT molecular complexity index is 475. The van der Waals surface area contributed by atoms with Crippen LogP contribution >= 0.6 is 15.9 Å². The molecule has 0 saturated carbocycles. The van der Waals surface area contributed by atoms with Crippen LogP contribution in [0.4, 0.5) is 11.4 Å². The monoisotopic (exact) mass is 342 g/mol. The minimum atomic E-state index is -0.382. The molecule has 1 atom stereocenters. The predicted molar refractivity (Wildman–Crippen MR) is 81.6 cm³/mol. The molecule has 1 unspecified atom stereocenters. The van der Waals surface area contributed by atoms with E-state index in [4.69, 9.17) is 10.5 Å². The summed E-state index contributed by atoms with van der Waals surface area (Å²) >= 11 is 3.45. The summed E-state index contributed by atoms with van der Waals surface area (Å²) in [5.74, 6) is -0.0530. The molecule has 20 heavy (non-hydrogen) atoms. The fourth-order valence-electron chi connectivity index (χ4n) is 2.22. The highest BCUT2D eigenvalue weighted by molar-refractivity contribution is 9.10. The Kier molecular flexibility index (Phi) is 4.82. The summed E-state index contributed by atoms with van der Waals surface area (Å²) in [6, 6.07) is -0.295. The maximum absolute atomic E-state index is 12.3. The number of aromatic nitrogens is 1. The number of pyridine rings is 1. The van der Waals surface area contributed by atoms with Crippen LogP contribution in [0.3, 0.4) is 0 Å². The van der Waals surface area contributed by atoms with Gasteiger partial charge in [-0.15, -0.1) is 0 Å². The number of anilines is 2. The number of carbonyl (C=O) groups excluding carboxylic acids is 1. The Hall–Kier alpha value is -1.34. The molecular weight excluding hydrogens is 324 g/mol. The molecule has 2 rings (SSSR count). The van der Waals surface area contributed by atoms with Crippen molar-refractivity contribution >= 4 is 33.2 Å². The lowest BCUT2D eigenvalue weighted by atomic mass is 10.1. The lowest BCUT2D eigenvalue weighted by molar-refractivity contribution is -0.125. The Morgan fingerprint density at radius 1 is 1.60 bits per heavy atom. The average Bonchev–Trinajstić information content (AvgIpc) is 2.38. The fraction of sp³-hybridized carbons (Fsp3) is 0.538. The number of carbonyl (C=O) groups is 1. The van der Waals surface area contributed by atoms with Crippen molar-refractivity contribution in [2.45, 2.75) is 25.9 Å². The van der Waals surface area contributed by atoms with Crippen molar-refractivity contribution in [1.82, 2.24) is 10.3 Å². The summed E-state index contributed by atoms with van der Waals surface area (Å²) in [6.07, 6.45) is 3.27. The van der Waals surface area contributed by atoms with Gasteiger partial charge < -0.3 is 20.7 Å². The fourth-order valence-corrected chi connectivity index (χ4v) is 2.79. The first-order valence-electron chi connectivity index (χ1n) is 6.54. The van der Waals surface area contributed by atoms with Gasteiger partial charge in [-0.05, 0) is 29.8 Å². The molecule has 1 saturated heterocycles. The minimum Gasteiger partial charge on any atom is -0.396 e. The van der Waals surface area contributed by atoms with Crippen molar-refractivity contribution < 1.29 is 9.53 Å². The number of rotatable bonds is 3. The van der Waals surface area contributed by atoms with Gasteiger partial charge >= 0.3 is 0 Å². The Balaban J connectivity index is 2.29. The van der Waals surface area contributed by atoms with Gasteiger partial charge in [0.05, 0.1) is 35.3 Å².